The molecule has 1 nitrogen and oxygen atoms in total. The van der Waals surface area contributed by atoms with E-state index in [1.807, 2.05) is 0 Å². The minimum absolute atomic E-state index is 0.686. The fourth-order valence-corrected chi connectivity index (χ4v) is 2.58. The molecule has 1 N–H and O–H groups in total. The maximum atomic E-state index is 3.45. The van der Waals surface area contributed by atoms with Crippen LogP contribution >= 0.6 is 0 Å². The van der Waals surface area contributed by atoms with E-state index in [1.54, 1.807) is 0 Å². The Kier molecular flexibility index (Phi) is 3.20. The third kappa shape index (κ3) is 1.98. The molecule has 0 aromatic heterocycles. The van der Waals surface area contributed by atoms with E-state index in [2.05, 4.69) is 42.7 Å². The first kappa shape index (κ1) is 9.72. The molecule has 14 heavy (non-hydrogen) atoms. The molecule has 0 aliphatic heterocycles. The Morgan fingerprint density at radius 3 is 2.50 bits per heavy atom. The summed E-state index contributed by atoms with van der Waals surface area (Å²) < 4.78 is 0. The van der Waals surface area contributed by atoms with Gasteiger partial charge in [-0.25, -0.2) is 0 Å². The lowest BCUT2D eigenvalue weighted by Gasteiger charge is -2.31. The van der Waals surface area contributed by atoms with Crippen molar-refractivity contribution in [2.24, 2.45) is 0 Å². The second-order valence-corrected chi connectivity index (χ2v) is 4.20. The molecule has 0 bridgehead atoms. The Labute approximate surface area is 86.5 Å². The van der Waals surface area contributed by atoms with Gasteiger partial charge in [0.2, 0.25) is 0 Å². The van der Waals surface area contributed by atoms with E-state index in [9.17, 15) is 0 Å². The summed E-state index contributed by atoms with van der Waals surface area (Å²) in [5.74, 6) is 0.731. The monoisotopic (exact) mass is 189 g/mol. The summed E-state index contributed by atoms with van der Waals surface area (Å²) in [7, 11) is 2.09. The van der Waals surface area contributed by atoms with Crippen molar-refractivity contribution in [3.05, 3.63) is 35.9 Å². The van der Waals surface area contributed by atoms with Crippen LogP contribution in [0, 0.1) is 0 Å². The molecule has 1 aliphatic carbocycles. The molecule has 1 aromatic carbocycles. The molecule has 0 unspecified atom stereocenters. The molecule has 1 aromatic rings. The van der Waals surface area contributed by atoms with Gasteiger partial charge in [0.15, 0.2) is 0 Å². The highest BCUT2D eigenvalue weighted by molar-refractivity contribution is 5.21. The quantitative estimate of drug-likeness (QED) is 0.754. The van der Waals surface area contributed by atoms with Crippen molar-refractivity contribution >= 4 is 0 Å². The van der Waals surface area contributed by atoms with Crippen LogP contribution in [0.1, 0.15) is 37.2 Å². The maximum absolute atomic E-state index is 3.45. The first-order valence-corrected chi connectivity index (χ1v) is 5.64. The average molecular weight is 189 g/mol. The van der Waals surface area contributed by atoms with Crippen LogP contribution < -0.4 is 5.32 Å². The molecule has 1 heteroatoms. The SMILES string of the molecule is CN[C@H]1CCCC[C@@H]1c1ccccc1. The van der Waals surface area contributed by atoms with Gasteiger partial charge in [-0.1, -0.05) is 43.2 Å². The second kappa shape index (κ2) is 4.61. The van der Waals surface area contributed by atoms with Gasteiger partial charge in [0.1, 0.15) is 0 Å². The van der Waals surface area contributed by atoms with Crippen molar-refractivity contribution in [3.63, 3.8) is 0 Å². The smallest absolute Gasteiger partial charge is 0.0133 e. The highest BCUT2D eigenvalue weighted by atomic mass is 14.9. The van der Waals surface area contributed by atoms with E-state index < -0.39 is 0 Å². The highest BCUT2D eigenvalue weighted by Crippen LogP contribution is 2.32. The molecular formula is C13H19N. The van der Waals surface area contributed by atoms with Gasteiger partial charge in [-0.15, -0.1) is 0 Å². The van der Waals surface area contributed by atoms with E-state index in [-0.39, 0.29) is 0 Å². The molecule has 76 valence electrons. The van der Waals surface area contributed by atoms with Crippen LogP contribution in [0.15, 0.2) is 30.3 Å². The van der Waals surface area contributed by atoms with Crippen LogP contribution in [0.5, 0.6) is 0 Å². The summed E-state index contributed by atoms with van der Waals surface area (Å²) in [6.07, 6.45) is 5.44. The van der Waals surface area contributed by atoms with Crippen LogP contribution in [0.2, 0.25) is 0 Å². The fourth-order valence-electron chi connectivity index (χ4n) is 2.58. The zero-order chi connectivity index (χ0) is 9.80. The molecular weight excluding hydrogens is 170 g/mol. The Bertz CT molecular complexity index is 268. The van der Waals surface area contributed by atoms with Crippen LogP contribution in [0.3, 0.4) is 0 Å². The van der Waals surface area contributed by atoms with Crippen LogP contribution in [-0.2, 0) is 0 Å². The zero-order valence-corrected chi connectivity index (χ0v) is 8.87. The van der Waals surface area contributed by atoms with Crippen molar-refractivity contribution < 1.29 is 0 Å². The van der Waals surface area contributed by atoms with Gasteiger partial charge in [-0.05, 0) is 31.4 Å². The molecule has 1 saturated carbocycles. The molecule has 0 saturated heterocycles. The van der Waals surface area contributed by atoms with Gasteiger partial charge >= 0.3 is 0 Å². The molecule has 1 aliphatic rings. The first-order valence-electron chi connectivity index (χ1n) is 5.64. The van der Waals surface area contributed by atoms with Gasteiger partial charge < -0.3 is 5.32 Å². The van der Waals surface area contributed by atoms with E-state index in [4.69, 9.17) is 0 Å². The van der Waals surface area contributed by atoms with Gasteiger partial charge in [-0.2, -0.15) is 0 Å². The normalized spacial score (nSPS) is 27.5. The lowest BCUT2D eigenvalue weighted by molar-refractivity contribution is 0.344. The third-order valence-electron chi connectivity index (χ3n) is 3.36. The summed E-state index contributed by atoms with van der Waals surface area (Å²) in [4.78, 5) is 0. The van der Waals surface area contributed by atoms with Gasteiger partial charge in [-0.3, -0.25) is 0 Å². The van der Waals surface area contributed by atoms with Crippen LogP contribution in [0.25, 0.3) is 0 Å². The predicted octanol–water partition coefficient (Wildman–Crippen LogP) is 2.93. The van der Waals surface area contributed by atoms with Gasteiger partial charge in [0.05, 0.1) is 0 Å². The van der Waals surface area contributed by atoms with Crippen molar-refractivity contribution in [3.8, 4) is 0 Å². The third-order valence-corrected chi connectivity index (χ3v) is 3.36. The zero-order valence-electron chi connectivity index (χ0n) is 8.87. The summed E-state index contributed by atoms with van der Waals surface area (Å²) in [6, 6.07) is 11.6. The second-order valence-electron chi connectivity index (χ2n) is 4.20. The van der Waals surface area contributed by atoms with E-state index >= 15 is 0 Å². The maximum Gasteiger partial charge on any atom is 0.0133 e. The Balaban J connectivity index is 2.15. The summed E-state index contributed by atoms with van der Waals surface area (Å²) in [6.45, 7) is 0. The van der Waals surface area contributed by atoms with Crippen LogP contribution in [-0.4, -0.2) is 13.1 Å². The number of nitrogens with one attached hydrogen (secondary N) is 1. The lowest BCUT2D eigenvalue weighted by Crippen LogP contribution is -2.34. The van der Waals surface area contributed by atoms with Gasteiger partial charge in [0.25, 0.3) is 0 Å². The standard InChI is InChI=1S/C13H19N/c1-14-13-10-6-5-9-12(13)11-7-3-2-4-8-11/h2-4,7-8,12-14H,5-6,9-10H2,1H3/t12-,13+/m1/s1. The number of rotatable bonds is 2. The molecule has 0 amide bonds. The van der Waals surface area contributed by atoms with Crippen molar-refractivity contribution in [1.29, 1.82) is 0 Å². The number of hydrogen-bond acceptors (Lipinski definition) is 1. The van der Waals surface area contributed by atoms with Crippen molar-refractivity contribution in [2.75, 3.05) is 7.05 Å². The Hall–Kier alpha value is -0.820. The topological polar surface area (TPSA) is 12.0 Å². The first-order chi connectivity index (χ1) is 6.92. The van der Waals surface area contributed by atoms with Crippen LogP contribution in [0.4, 0.5) is 0 Å². The summed E-state index contributed by atoms with van der Waals surface area (Å²) >= 11 is 0. The lowest BCUT2D eigenvalue weighted by atomic mass is 9.80. The van der Waals surface area contributed by atoms with E-state index in [1.165, 1.54) is 31.2 Å². The molecule has 2 rings (SSSR count). The Morgan fingerprint density at radius 1 is 1.07 bits per heavy atom. The molecule has 2 atom stereocenters. The van der Waals surface area contributed by atoms with E-state index in [0.717, 1.165) is 5.92 Å². The predicted molar refractivity (Wildman–Crippen MR) is 60.5 cm³/mol. The summed E-state index contributed by atoms with van der Waals surface area (Å²) in [5, 5.41) is 3.45. The number of benzene rings is 1. The molecule has 0 spiro atoms. The summed E-state index contributed by atoms with van der Waals surface area (Å²) in [5.41, 5.74) is 1.51. The van der Waals surface area contributed by atoms with E-state index in [0.29, 0.717) is 6.04 Å². The van der Waals surface area contributed by atoms with Crippen molar-refractivity contribution in [2.45, 2.75) is 37.6 Å². The number of hydrogen-bond donors (Lipinski definition) is 1. The minimum atomic E-state index is 0.686. The average Bonchev–Trinajstić information content (AvgIpc) is 2.30. The fraction of sp³-hybridized carbons (Fsp3) is 0.538. The Morgan fingerprint density at radius 2 is 1.79 bits per heavy atom. The molecule has 1 fully saturated rings. The molecule has 0 radical (unpaired) electrons. The number of likely N-dealkylation sites (N-methyl/N-ethyl adjacent to an activating group) is 1. The van der Waals surface area contributed by atoms with Crippen molar-refractivity contribution in [1.82, 2.24) is 5.32 Å². The minimum Gasteiger partial charge on any atom is -0.316 e. The largest absolute Gasteiger partial charge is 0.316 e. The van der Waals surface area contributed by atoms with Gasteiger partial charge in [0, 0.05) is 6.04 Å². The molecule has 0 heterocycles. The highest BCUT2D eigenvalue weighted by Gasteiger charge is 2.24.